The Morgan fingerprint density at radius 1 is 0.822 bits per heavy atom. The lowest BCUT2D eigenvalue weighted by atomic mass is 9.42. The molecule has 5 saturated carbocycles. The summed E-state index contributed by atoms with van der Waals surface area (Å²) >= 11 is 0. The van der Waals surface area contributed by atoms with Crippen molar-refractivity contribution in [1.29, 1.82) is 0 Å². The molecule has 10 atom stereocenters. The van der Waals surface area contributed by atoms with Crippen molar-refractivity contribution in [2.75, 3.05) is 7.11 Å². The molecule has 45 heavy (non-hydrogen) atoms. The van der Waals surface area contributed by atoms with Crippen LogP contribution in [0.1, 0.15) is 125 Å². The molecule has 6 rings (SSSR count). The van der Waals surface area contributed by atoms with E-state index in [0.29, 0.717) is 32.1 Å². The third-order valence-electron chi connectivity index (χ3n) is 13.5. The summed E-state index contributed by atoms with van der Waals surface area (Å²) in [6.45, 7) is 9.89. The Morgan fingerprint density at radius 3 is 2.13 bits per heavy atom. The fraction of sp³-hybridized carbons (Fsp3) is 0.914. The topological polar surface area (TPSA) is 116 Å². The maximum Gasteiger partial charge on any atom is 0.305 e. The number of fused-ring (bicyclic) bond motifs is 5. The van der Waals surface area contributed by atoms with E-state index in [2.05, 4.69) is 20.8 Å². The Balaban J connectivity index is 1.28. The van der Waals surface area contributed by atoms with Crippen LogP contribution in [0.4, 0.5) is 0 Å². The summed E-state index contributed by atoms with van der Waals surface area (Å²) in [5.74, 6) is -1.37. The second-order valence-electron chi connectivity index (χ2n) is 15.8. The Bertz CT molecular complexity index is 1120. The number of hydrogen-bond acceptors (Lipinski definition) is 10. The van der Waals surface area contributed by atoms with Crippen LogP contribution in [-0.2, 0) is 48.1 Å². The highest BCUT2D eigenvalue weighted by molar-refractivity contribution is 5.69. The van der Waals surface area contributed by atoms with Gasteiger partial charge in [-0.25, -0.2) is 0 Å². The van der Waals surface area contributed by atoms with E-state index in [1.54, 1.807) is 0 Å². The lowest BCUT2D eigenvalue weighted by Gasteiger charge is -2.65. The van der Waals surface area contributed by atoms with E-state index in [4.69, 9.17) is 33.8 Å². The minimum atomic E-state index is -0.994. The third-order valence-corrected chi connectivity index (χ3v) is 13.5. The van der Waals surface area contributed by atoms with E-state index in [1.165, 1.54) is 21.0 Å². The van der Waals surface area contributed by atoms with Crippen molar-refractivity contribution < 1.29 is 48.1 Å². The van der Waals surface area contributed by atoms with Gasteiger partial charge in [-0.05, 0) is 86.4 Å². The fourth-order valence-electron chi connectivity index (χ4n) is 11.1. The molecule has 6 aliphatic rings. The molecular formula is C35H54O10. The van der Waals surface area contributed by atoms with Gasteiger partial charge in [0.05, 0.1) is 7.11 Å². The highest BCUT2D eigenvalue weighted by Gasteiger charge is 2.69. The molecule has 1 heterocycles. The van der Waals surface area contributed by atoms with Crippen LogP contribution < -0.4 is 0 Å². The van der Waals surface area contributed by atoms with Gasteiger partial charge in [0.1, 0.15) is 12.2 Å². The number of hydrogen-bond donors (Lipinski definition) is 0. The molecule has 0 aromatic heterocycles. The first-order chi connectivity index (χ1) is 21.3. The van der Waals surface area contributed by atoms with Crippen molar-refractivity contribution in [3.8, 4) is 0 Å². The molecule has 0 radical (unpaired) electrons. The molecule has 0 aromatic rings. The first kappa shape index (κ1) is 33.2. The molecule has 0 bridgehead atoms. The van der Waals surface area contributed by atoms with E-state index >= 15 is 0 Å². The molecule has 254 valence electrons. The fourth-order valence-corrected chi connectivity index (χ4v) is 11.1. The second kappa shape index (κ2) is 12.4. The zero-order chi connectivity index (χ0) is 32.2. The van der Waals surface area contributed by atoms with E-state index < -0.39 is 11.6 Å². The number of carbonyl (C=O) groups excluding carboxylic acids is 3. The van der Waals surface area contributed by atoms with Crippen molar-refractivity contribution >= 4 is 17.9 Å². The number of ether oxygens (including phenoxy) is 3. The first-order valence-corrected chi connectivity index (χ1v) is 17.5. The quantitative estimate of drug-likeness (QED) is 0.180. The van der Waals surface area contributed by atoms with Crippen LogP contribution in [0.15, 0.2) is 0 Å². The highest BCUT2D eigenvalue weighted by atomic mass is 17.4. The molecular weight excluding hydrogens is 580 g/mol. The SMILES string of the molecule is COC(=O)CCC(C)[C@H]1CCC2C3C(C[C@H](OC(C)=O)[C@@]21C)[C@@]1(C)CCC2(C[C@H]1C[C@H]3OC(C)=O)OOC1(CCCCC1)OO2. The molecule has 4 unspecified atom stereocenters. The zero-order valence-electron chi connectivity index (χ0n) is 28.1. The van der Waals surface area contributed by atoms with Gasteiger partial charge in [0.15, 0.2) is 0 Å². The van der Waals surface area contributed by atoms with Gasteiger partial charge in [0, 0.05) is 57.3 Å². The smallest absolute Gasteiger partial charge is 0.305 e. The van der Waals surface area contributed by atoms with Crippen LogP contribution in [-0.4, -0.2) is 48.8 Å². The normalized spacial score (nSPS) is 42.1. The summed E-state index contributed by atoms with van der Waals surface area (Å²) in [7, 11) is 1.43. The lowest BCUT2D eigenvalue weighted by molar-refractivity contribution is -0.665. The van der Waals surface area contributed by atoms with Crippen LogP contribution in [0.25, 0.3) is 0 Å². The predicted octanol–water partition coefficient (Wildman–Crippen LogP) is 6.58. The first-order valence-electron chi connectivity index (χ1n) is 17.5. The molecule has 0 N–H and O–H groups in total. The van der Waals surface area contributed by atoms with Crippen molar-refractivity contribution in [3.05, 3.63) is 0 Å². The number of carbonyl (C=O) groups is 3. The van der Waals surface area contributed by atoms with Gasteiger partial charge in [0.25, 0.3) is 0 Å². The molecule has 0 aromatic carbocycles. The van der Waals surface area contributed by atoms with E-state index in [9.17, 15) is 14.4 Å². The van der Waals surface area contributed by atoms with Crippen molar-refractivity contribution in [2.24, 2.45) is 46.3 Å². The summed E-state index contributed by atoms with van der Waals surface area (Å²) in [4.78, 5) is 61.5. The van der Waals surface area contributed by atoms with Crippen LogP contribution in [0.5, 0.6) is 0 Å². The van der Waals surface area contributed by atoms with Crippen LogP contribution in [0, 0.1) is 46.3 Å². The van der Waals surface area contributed by atoms with E-state index in [0.717, 1.165) is 57.8 Å². The maximum absolute atomic E-state index is 12.6. The van der Waals surface area contributed by atoms with Crippen molar-refractivity contribution in [2.45, 2.75) is 148 Å². The summed E-state index contributed by atoms with van der Waals surface area (Å²) in [6, 6.07) is 0. The Kier molecular flexibility index (Phi) is 9.11. The molecule has 10 heteroatoms. The lowest BCUT2D eigenvalue weighted by Crippen LogP contribution is -2.65. The average Bonchev–Trinajstić information content (AvgIpc) is 3.37. The zero-order valence-corrected chi connectivity index (χ0v) is 28.1. The van der Waals surface area contributed by atoms with Gasteiger partial charge in [-0.3, -0.25) is 14.4 Å². The number of rotatable bonds is 6. The Labute approximate surface area is 267 Å². The minimum absolute atomic E-state index is 0.104. The maximum atomic E-state index is 12.6. The molecule has 1 saturated heterocycles. The van der Waals surface area contributed by atoms with Gasteiger partial charge in [-0.15, -0.1) is 0 Å². The summed E-state index contributed by atoms with van der Waals surface area (Å²) < 4.78 is 17.4. The third kappa shape index (κ3) is 5.84. The average molecular weight is 635 g/mol. The van der Waals surface area contributed by atoms with Gasteiger partial charge in [0.2, 0.25) is 11.6 Å². The predicted molar refractivity (Wildman–Crippen MR) is 160 cm³/mol. The monoisotopic (exact) mass is 634 g/mol. The molecule has 10 nitrogen and oxygen atoms in total. The Hall–Kier alpha value is -1.75. The van der Waals surface area contributed by atoms with Gasteiger partial charge in [-0.2, -0.15) is 19.6 Å². The largest absolute Gasteiger partial charge is 0.469 e. The van der Waals surface area contributed by atoms with E-state index in [-0.39, 0.29) is 76.5 Å². The Morgan fingerprint density at radius 2 is 1.49 bits per heavy atom. The van der Waals surface area contributed by atoms with E-state index in [1.807, 2.05) is 0 Å². The molecule has 0 amide bonds. The van der Waals surface area contributed by atoms with Crippen molar-refractivity contribution in [1.82, 2.24) is 0 Å². The van der Waals surface area contributed by atoms with Gasteiger partial charge in [-0.1, -0.05) is 27.2 Å². The molecule has 5 aliphatic carbocycles. The summed E-state index contributed by atoms with van der Waals surface area (Å²) in [5, 5.41) is 0. The van der Waals surface area contributed by atoms with Crippen LogP contribution in [0.2, 0.25) is 0 Å². The van der Waals surface area contributed by atoms with Crippen molar-refractivity contribution in [3.63, 3.8) is 0 Å². The summed E-state index contributed by atoms with van der Waals surface area (Å²) in [6.07, 6.45) is 10.7. The minimum Gasteiger partial charge on any atom is -0.469 e. The van der Waals surface area contributed by atoms with Crippen LogP contribution >= 0.6 is 0 Å². The van der Waals surface area contributed by atoms with Gasteiger partial charge >= 0.3 is 17.9 Å². The van der Waals surface area contributed by atoms with Crippen LogP contribution in [0.3, 0.4) is 0 Å². The second-order valence-corrected chi connectivity index (χ2v) is 15.8. The molecule has 6 fully saturated rings. The summed E-state index contributed by atoms with van der Waals surface area (Å²) in [5.41, 5.74) is -0.404. The molecule has 1 aliphatic heterocycles. The highest BCUT2D eigenvalue weighted by Crippen LogP contribution is 2.70. The number of methoxy groups -OCH3 is 1. The number of esters is 3. The standard InChI is InChI=1S/C35H54O10/c1-21(10-13-30(38)39-6)25-11-12-26-31-27(19-29(33(25,26)5)41-23(3)37)32(4)16-17-35(20-24(32)18-28(31)40-22(2)36)44-42-34(43-45-35)14-8-7-9-15-34/h21,24-29,31H,7-20H2,1-6H3/t21?,24-,25-,26?,27?,28-,29+,31?,32+,33-/m1/s1. The van der Waals surface area contributed by atoms with Gasteiger partial charge < -0.3 is 14.2 Å². The molecule has 2 spiro atoms.